The van der Waals surface area contributed by atoms with Crippen LogP contribution in [0.4, 0.5) is 4.39 Å². The topological polar surface area (TPSA) is 66.5 Å². The van der Waals surface area contributed by atoms with Gasteiger partial charge in [0.05, 0.1) is 5.75 Å². The third-order valence-corrected chi connectivity index (χ3v) is 4.93. The average molecular weight is 354 g/mol. The van der Waals surface area contributed by atoms with Gasteiger partial charge in [0.15, 0.2) is 0 Å². The number of amides is 1. The summed E-state index contributed by atoms with van der Waals surface area (Å²) in [5.41, 5.74) is 0.766. The number of halogens is 1. The summed E-state index contributed by atoms with van der Waals surface area (Å²) in [6, 6.07) is 6.02. The van der Waals surface area contributed by atoms with Gasteiger partial charge in [-0.25, -0.2) is 12.8 Å². The van der Waals surface area contributed by atoms with Gasteiger partial charge in [0, 0.05) is 38.0 Å². The molecule has 5 nitrogen and oxygen atoms in total. The first kappa shape index (κ1) is 18.6. The molecule has 0 bridgehead atoms. The minimum atomic E-state index is -2.94. The minimum Gasteiger partial charge on any atom is -0.350 e. The van der Waals surface area contributed by atoms with Gasteiger partial charge >= 0.3 is 0 Å². The number of benzene rings is 1. The maximum Gasteiger partial charge on any atom is 0.244 e. The van der Waals surface area contributed by atoms with Gasteiger partial charge in [0.1, 0.15) is 15.7 Å². The standard InChI is InChI=1S/C17H23FN2O3S/c1-24(22,23)13-12-20-10-8-16(9-11-20)19-17(21)7-4-14-2-5-15(18)6-3-14/h2-7,16H,8-13H2,1H3,(H,19,21)/b7-4+. The Hall–Kier alpha value is -1.73. The van der Waals surface area contributed by atoms with Crippen molar-refractivity contribution in [1.29, 1.82) is 0 Å². The lowest BCUT2D eigenvalue weighted by Gasteiger charge is -2.31. The minimum absolute atomic E-state index is 0.102. The van der Waals surface area contributed by atoms with Crippen molar-refractivity contribution >= 4 is 21.8 Å². The summed E-state index contributed by atoms with van der Waals surface area (Å²) in [6.45, 7) is 2.11. The summed E-state index contributed by atoms with van der Waals surface area (Å²) in [4.78, 5) is 14.0. The Bertz CT molecular complexity index is 678. The molecule has 0 saturated carbocycles. The fourth-order valence-corrected chi connectivity index (χ4v) is 3.18. The summed E-state index contributed by atoms with van der Waals surface area (Å²) in [5.74, 6) is -0.308. The van der Waals surface area contributed by atoms with Gasteiger partial charge < -0.3 is 10.2 Å². The van der Waals surface area contributed by atoms with Crippen LogP contribution in [0.1, 0.15) is 18.4 Å². The maximum atomic E-state index is 12.8. The highest BCUT2D eigenvalue weighted by atomic mass is 32.2. The van der Waals surface area contributed by atoms with Crippen molar-refractivity contribution in [3.8, 4) is 0 Å². The molecule has 0 unspecified atom stereocenters. The lowest BCUT2D eigenvalue weighted by Crippen LogP contribution is -2.45. The molecule has 2 rings (SSSR count). The molecule has 132 valence electrons. The van der Waals surface area contributed by atoms with Crippen molar-refractivity contribution in [2.24, 2.45) is 0 Å². The molecule has 1 aromatic carbocycles. The van der Waals surface area contributed by atoms with Gasteiger partial charge in [0.2, 0.25) is 5.91 Å². The molecule has 1 aliphatic heterocycles. The van der Waals surface area contributed by atoms with Crippen LogP contribution in [-0.4, -0.2) is 56.9 Å². The first-order valence-electron chi connectivity index (χ1n) is 7.96. The Morgan fingerprint density at radius 2 is 1.92 bits per heavy atom. The molecule has 1 N–H and O–H groups in total. The zero-order valence-corrected chi connectivity index (χ0v) is 14.6. The van der Waals surface area contributed by atoms with Crippen LogP contribution < -0.4 is 5.32 Å². The Morgan fingerprint density at radius 1 is 1.29 bits per heavy atom. The van der Waals surface area contributed by atoms with Crippen LogP contribution in [-0.2, 0) is 14.6 Å². The largest absolute Gasteiger partial charge is 0.350 e. The van der Waals surface area contributed by atoms with E-state index in [-0.39, 0.29) is 23.5 Å². The average Bonchev–Trinajstić information content (AvgIpc) is 2.53. The maximum absolute atomic E-state index is 12.8. The van der Waals surface area contributed by atoms with Gasteiger partial charge in [-0.3, -0.25) is 4.79 Å². The molecule has 0 radical (unpaired) electrons. The lowest BCUT2D eigenvalue weighted by molar-refractivity contribution is -0.117. The van der Waals surface area contributed by atoms with E-state index in [0.29, 0.717) is 6.54 Å². The van der Waals surface area contributed by atoms with Crippen molar-refractivity contribution in [2.45, 2.75) is 18.9 Å². The first-order valence-corrected chi connectivity index (χ1v) is 10.0. The fraction of sp³-hybridized carbons (Fsp3) is 0.471. The van der Waals surface area contributed by atoms with Crippen LogP contribution in [0.5, 0.6) is 0 Å². The predicted octanol–water partition coefficient (Wildman–Crippen LogP) is 1.46. The molecule has 1 aromatic rings. The van der Waals surface area contributed by atoms with E-state index in [9.17, 15) is 17.6 Å². The third-order valence-electron chi connectivity index (χ3n) is 4.01. The molecular formula is C17H23FN2O3S. The Kier molecular flexibility index (Phi) is 6.51. The molecule has 1 saturated heterocycles. The third kappa shape index (κ3) is 6.80. The molecule has 7 heteroatoms. The first-order chi connectivity index (χ1) is 11.3. The predicted molar refractivity (Wildman–Crippen MR) is 92.7 cm³/mol. The van der Waals surface area contributed by atoms with Crippen LogP contribution >= 0.6 is 0 Å². The SMILES string of the molecule is CS(=O)(=O)CCN1CCC(NC(=O)/C=C/c2ccc(F)cc2)CC1. The van der Waals surface area contributed by atoms with Crippen LogP contribution in [0.15, 0.2) is 30.3 Å². The quantitative estimate of drug-likeness (QED) is 0.786. The van der Waals surface area contributed by atoms with E-state index in [4.69, 9.17) is 0 Å². The van der Waals surface area contributed by atoms with Crippen molar-refractivity contribution in [2.75, 3.05) is 31.6 Å². The molecule has 0 spiro atoms. The second-order valence-corrected chi connectivity index (χ2v) is 8.40. The van der Waals surface area contributed by atoms with Crippen molar-refractivity contribution in [3.05, 3.63) is 41.7 Å². The van der Waals surface area contributed by atoms with Gasteiger partial charge in [-0.05, 0) is 36.6 Å². The van der Waals surface area contributed by atoms with E-state index in [1.165, 1.54) is 24.5 Å². The smallest absolute Gasteiger partial charge is 0.244 e. The van der Waals surface area contributed by atoms with E-state index in [0.717, 1.165) is 31.5 Å². The summed E-state index contributed by atoms with van der Waals surface area (Å²) in [6.07, 6.45) is 5.95. The fourth-order valence-electron chi connectivity index (χ4n) is 2.59. The second-order valence-electron chi connectivity index (χ2n) is 6.14. The van der Waals surface area contributed by atoms with Crippen LogP contribution in [0.3, 0.4) is 0 Å². The van der Waals surface area contributed by atoms with Crippen molar-refractivity contribution < 1.29 is 17.6 Å². The van der Waals surface area contributed by atoms with E-state index in [2.05, 4.69) is 10.2 Å². The highest BCUT2D eigenvalue weighted by Crippen LogP contribution is 2.11. The highest BCUT2D eigenvalue weighted by molar-refractivity contribution is 7.90. The number of carbonyl (C=O) groups is 1. The number of nitrogens with one attached hydrogen (secondary N) is 1. The molecule has 0 aromatic heterocycles. The number of carbonyl (C=O) groups excluding carboxylic acids is 1. The van der Waals surface area contributed by atoms with Gasteiger partial charge in [-0.15, -0.1) is 0 Å². The number of hydrogen-bond acceptors (Lipinski definition) is 4. The van der Waals surface area contributed by atoms with E-state index < -0.39 is 9.84 Å². The van der Waals surface area contributed by atoms with E-state index >= 15 is 0 Å². The van der Waals surface area contributed by atoms with Crippen LogP contribution in [0.2, 0.25) is 0 Å². The summed E-state index contributed by atoms with van der Waals surface area (Å²) in [7, 11) is -2.94. The number of rotatable bonds is 6. The molecule has 1 aliphatic rings. The number of nitrogens with zero attached hydrogens (tertiary/aromatic N) is 1. The molecule has 1 heterocycles. The molecule has 1 fully saturated rings. The summed E-state index contributed by atoms with van der Waals surface area (Å²) in [5, 5.41) is 2.95. The second kappa shape index (κ2) is 8.39. The van der Waals surface area contributed by atoms with E-state index in [1.807, 2.05) is 0 Å². The zero-order chi connectivity index (χ0) is 17.6. The zero-order valence-electron chi connectivity index (χ0n) is 13.7. The van der Waals surface area contributed by atoms with Crippen LogP contribution in [0.25, 0.3) is 6.08 Å². The lowest BCUT2D eigenvalue weighted by atomic mass is 10.1. The monoisotopic (exact) mass is 354 g/mol. The molecule has 24 heavy (non-hydrogen) atoms. The van der Waals surface area contributed by atoms with Gasteiger partial charge in [0.25, 0.3) is 0 Å². The molecular weight excluding hydrogens is 331 g/mol. The number of hydrogen-bond donors (Lipinski definition) is 1. The van der Waals surface area contributed by atoms with Crippen molar-refractivity contribution in [3.63, 3.8) is 0 Å². The number of piperidine rings is 1. The molecule has 0 atom stereocenters. The number of sulfone groups is 1. The molecule has 1 amide bonds. The number of likely N-dealkylation sites (tertiary alicyclic amines) is 1. The van der Waals surface area contributed by atoms with E-state index in [1.54, 1.807) is 18.2 Å². The highest BCUT2D eigenvalue weighted by Gasteiger charge is 2.20. The van der Waals surface area contributed by atoms with Crippen molar-refractivity contribution in [1.82, 2.24) is 10.2 Å². The normalized spacial score (nSPS) is 17.2. The van der Waals surface area contributed by atoms with Gasteiger partial charge in [-0.1, -0.05) is 12.1 Å². The molecule has 0 aliphatic carbocycles. The Labute approximate surface area is 142 Å². The summed E-state index contributed by atoms with van der Waals surface area (Å²) >= 11 is 0. The van der Waals surface area contributed by atoms with Gasteiger partial charge in [-0.2, -0.15) is 0 Å². The Balaban J connectivity index is 1.73. The summed E-state index contributed by atoms with van der Waals surface area (Å²) < 4.78 is 35.2. The Morgan fingerprint density at radius 3 is 2.50 bits per heavy atom. The van der Waals surface area contributed by atoms with Crippen LogP contribution in [0, 0.1) is 5.82 Å².